The molecule has 7 nitrogen and oxygen atoms in total. The number of amides is 1. The van der Waals surface area contributed by atoms with Crippen molar-refractivity contribution in [1.29, 1.82) is 0 Å². The van der Waals surface area contributed by atoms with E-state index in [1.807, 2.05) is 17.5 Å². The maximum atomic E-state index is 12.6. The molecule has 4 aromatic rings. The quantitative estimate of drug-likeness (QED) is 0.498. The summed E-state index contributed by atoms with van der Waals surface area (Å²) >= 11 is 1.27. The van der Waals surface area contributed by atoms with E-state index in [4.69, 9.17) is 4.42 Å². The van der Waals surface area contributed by atoms with E-state index in [0.717, 1.165) is 5.69 Å². The Morgan fingerprint density at radius 2 is 1.96 bits per heavy atom. The molecule has 0 aliphatic heterocycles. The van der Waals surface area contributed by atoms with Crippen molar-refractivity contribution in [2.45, 2.75) is 10.6 Å². The molecule has 0 saturated heterocycles. The van der Waals surface area contributed by atoms with E-state index < -0.39 is 15.7 Å². The number of H-pyrrole nitrogens is 1. The number of carbonyl (C=O) groups is 1. The van der Waals surface area contributed by atoms with Gasteiger partial charge in [0, 0.05) is 17.1 Å². The second-order valence-corrected chi connectivity index (χ2v) is 8.77. The Bertz CT molecular complexity index is 1190. The van der Waals surface area contributed by atoms with Crippen molar-refractivity contribution < 1.29 is 17.6 Å². The summed E-state index contributed by atoms with van der Waals surface area (Å²) in [7, 11) is -3.59. The molecule has 0 atom stereocenters. The minimum Gasteiger partial charge on any atom is -0.459 e. The van der Waals surface area contributed by atoms with E-state index in [1.54, 1.807) is 24.4 Å². The standard InChI is InChI=1S/C19H15N3O4S2/c23-18(22-19-21-16(11-27-19)15-7-4-9-20-15)17-13(8-10-26-17)12-28(24,25)14-5-2-1-3-6-14/h1-11,20H,12H2,(H,21,22,23). The van der Waals surface area contributed by atoms with Gasteiger partial charge in [0.1, 0.15) is 0 Å². The van der Waals surface area contributed by atoms with Crippen molar-refractivity contribution in [1.82, 2.24) is 9.97 Å². The van der Waals surface area contributed by atoms with Gasteiger partial charge in [0.25, 0.3) is 5.91 Å². The van der Waals surface area contributed by atoms with Crippen LogP contribution in [0.3, 0.4) is 0 Å². The van der Waals surface area contributed by atoms with Gasteiger partial charge in [-0.2, -0.15) is 0 Å². The normalized spacial score (nSPS) is 11.4. The molecular weight excluding hydrogens is 398 g/mol. The number of benzene rings is 1. The van der Waals surface area contributed by atoms with Crippen molar-refractivity contribution in [2.75, 3.05) is 5.32 Å². The first kappa shape index (κ1) is 18.2. The zero-order chi connectivity index (χ0) is 19.6. The molecule has 1 aromatic carbocycles. The second kappa shape index (κ2) is 7.45. The maximum Gasteiger partial charge on any atom is 0.293 e. The predicted octanol–water partition coefficient (Wildman–Crippen LogP) is 3.96. The Kier molecular flexibility index (Phi) is 4.84. The number of hydrogen-bond donors (Lipinski definition) is 2. The first-order valence-corrected chi connectivity index (χ1v) is 10.8. The van der Waals surface area contributed by atoms with Crippen LogP contribution in [0.2, 0.25) is 0 Å². The number of sulfone groups is 1. The number of rotatable bonds is 6. The van der Waals surface area contributed by atoms with E-state index in [9.17, 15) is 13.2 Å². The van der Waals surface area contributed by atoms with Crippen LogP contribution in [-0.2, 0) is 15.6 Å². The van der Waals surface area contributed by atoms with Crippen LogP contribution in [0, 0.1) is 0 Å². The molecule has 0 fully saturated rings. The second-order valence-electron chi connectivity index (χ2n) is 5.92. The number of nitrogens with one attached hydrogen (secondary N) is 2. The number of carbonyl (C=O) groups excluding carboxylic acids is 1. The first-order valence-electron chi connectivity index (χ1n) is 8.28. The molecule has 0 aliphatic carbocycles. The summed E-state index contributed by atoms with van der Waals surface area (Å²) in [5.41, 5.74) is 1.84. The van der Waals surface area contributed by atoms with Gasteiger partial charge in [0.2, 0.25) is 0 Å². The summed E-state index contributed by atoms with van der Waals surface area (Å²) < 4.78 is 30.4. The lowest BCUT2D eigenvalue weighted by Gasteiger charge is -2.05. The summed E-state index contributed by atoms with van der Waals surface area (Å²) in [4.78, 5) is 20.2. The van der Waals surface area contributed by atoms with E-state index in [0.29, 0.717) is 16.4 Å². The zero-order valence-corrected chi connectivity index (χ0v) is 16.1. The van der Waals surface area contributed by atoms with Gasteiger partial charge in [0.15, 0.2) is 20.7 Å². The molecular formula is C19H15N3O4S2. The van der Waals surface area contributed by atoms with Crippen LogP contribution in [0.5, 0.6) is 0 Å². The van der Waals surface area contributed by atoms with Crippen LogP contribution in [0.1, 0.15) is 16.1 Å². The molecule has 28 heavy (non-hydrogen) atoms. The molecule has 4 rings (SSSR count). The van der Waals surface area contributed by atoms with Gasteiger partial charge in [-0.05, 0) is 30.3 Å². The Balaban J connectivity index is 1.52. The Morgan fingerprint density at radius 3 is 2.71 bits per heavy atom. The Labute approximate surface area is 165 Å². The summed E-state index contributed by atoms with van der Waals surface area (Å²) in [6, 6.07) is 13.3. The maximum absolute atomic E-state index is 12.6. The number of hydrogen-bond acceptors (Lipinski definition) is 6. The molecule has 9 heteroatoms. The van der Waals surface area contributed by atoms with Crippen molar-refractivity contribution in [2.24, 2.45) is 0 Å². The third-order valence-corrected chi connectivity index (χ3v) is 6.44. The van der Waals surface area contributed by atoms with Crippen molar-refractivity contribution in [3.05, 3.63) is 77.7 Å². The van der Waals surface area contributed by atoms with Crippen LogP contribution in [-0.4, -0.2) is 24.3 Å². The molecule has 3 aromatic heterocycles. The van der Waals surface area contributed by atoms with Gasteiger partial charge >= 0.3 is 0 Å². The van der Waals surface area contributed by atoms with Gasteiger partial charge in [-0.15, -0.1) is 11.3 Å². The number of anilines is 1. The number of thiazole rings is 1. The fourth-order valence-electron chi connectivity index (χ4n) is 2.66. The smallest absolute Gasteiger partial charge is 0.293 e. The molecule has 0 saturated carbocycles. The van der Waals surface area contributed by atoms with E-state index in [1.165, 1.54) is 35.8 Å². The van der Waals surface area contributed by atoms with Crippen LogP contribution in [0.25, 0.3) is 11.4 Å². The van der Waals surface area contributed by atoms with Gasteiger partial charge in [0.05, 0.1) is 28.3 Å². The van der Waals surface area contributed by atoms with E-state index in [2.05, 4.69) is 15.3 Å². The highest BCUT2D eigenvalue weighted by atomic mass is 32.2. The number of aromatic nitrogens is 2. The average molecular weight is 413 g/mol. The van der Waals surface area contributed by atoms with Crippen LogP contribution < -0.4 is 5.32 Å². The number of aromatic amines is 1. The summed E-state index contributed by atoms with van der Waals surface area (Å²) in [6.45, 7) is 0. The minimum absolute atomic E-state index is 0.0453. The highest BCUT2D eigenvalue weighted by Gasteiger charge is 2.23. The molecule has 0 aliphatic rings. The van der Waals surface area contributed by atoms with Crippen molar-refractivity contribution in [3.63, 3.8) is 0 Å². The third-order valence-electron chi connectivity index (χ3n) is 4.00. The van der Waals surface area contributed by atoms with Crippen molar-refractivity contribution >= 4 is 32.2 Å². The average Bonchev–Trinajstić information content (AvgIpc) is 3.43. The fourth-order valence-corrected chi connectivity index (χ4v) is 4.74. The van der Waals surface area contributed by atoms with Crippen LogP contribution in [0.4, 0.5) is 5.13 Å². The number of furan rings is 1. The van der Waals surface area contributed by atoms with Gasteiger partial charge in [-0.25, -0.2) is 13.4 Å². The van der Waals surface area contributed by atoms with E-state index >= 15 is 0 Å². The van der Waals surface area contributed by atoms with Gasteiger partial charge < -0.3 is 9.40 Å². The zero-order valence-electron chi connectivity index (χ0n) is 14.5. The molecule has 2 N–H and O–H groups in total. The van der Waals surface area contributed by atoms with E-state index in [-0.39, 0.29) is 16.4 Å². The summed E-state index contributed by atoms with van der Waals surface area (Å²) in [5, 5.41) is 4.86. The highest BCUT2D eigenvalue weighted by molar-refractivity contribution is 7.90. The Hall–Kier alpha value is -3.17. The minimum atomic E-state index is -3.59. The first-order chi connectivity index (χ1) is 13.5. The Morgan fingerprint density at radius 1 is 1.14 bits per heavy atom. The van der Waals surface area contributed by atoms with Crippen LogP contribution in [0.15, 0.2) is 75.7 Å². The largest absolute Gasteiger partial charge is 0.459 e. The lowest BCUT2D eigenvalue weighted by Crippen LogP contribution is -2.14. The fraction of sp³-hybridized carbons (Fsp3) is 0.0526. The SMILES string of the molecule is O=C(Nc1nc(-c2ccc[nH]2)cs1)c1occc1CS(=O)(=O)c1ccccc1. The predicted molar refractivity (Wildman–Crippen MR) is 106 cm³/mol. The molecule has 0 radical (unpaired) electrons. The topological polar surface area (TPSA) is 105 Å². The monoisotopic (exact) mass is 413 g/mol. The molecule has 1 amide bonds. The molecule has 3 heterocycles. The van der Waals surface area contributed by atoms with Crippen LogP contribution >= 0.6 is 11.3 Å². The van der Waals surface area contributed by atoms with Crippen molar-refractivity contribution in [3.8, 4) is 11.4 Å². The van der Waals surface area contributed by atoms with Gasteiger partial charge in [-0.3, -0.25) is 10.1 Å². The highest BCUT2D eigenvalue weighted by Crippen LogP contribution is 2.25. The molecule has 0 bridgehead atoms. The lowest BCUT2D eigenvalue weighted by molar-refractivity contribution is 0.0996. The number of nitrogens with zero attached hydrogens (tertiary/aromatic N) is 1. The molecule has 142 valence electrons. The summed E-state index contributed by atoms with van der Waals surface area (Å²) in [5.74, 6) is -0.922. The summed E-state index contributed by atoms with van der Waals surface area (Å²) in [6.07, 6.45) is 3.09. The van der Waals surface area contributed by atoms with Gasteiger partial charge in [-0.1, -0.05) is 18.2 Å². The lowest BCUT2D eigenvalue weighted by atomic mass is 10.3. The third kappa shape index (κ3) is 3.75. The molecule has 0 spiro atoms. The molecule has 0 unspecified atom stereocenters.